The first-order chi connectivity index (χ1) is 13.8. The summed E-state index contributed by atoms with van der Waals surface area (Å²) in [5, 5.41) is 2.71. The second-order valence-electron chi connectivity index (χ2n) is 6.49. The van der Waals surface area contributed by atoms with Crippen molar-refractivity contribution in [1.29, 1.82) is 0 Å². The Balaban J connectivity index is 1.93. The third kappa shape index (κ3) is 4.47. The highest BCUT2D eigenvalue weighted by Gasteiger charge is 2.30. The minimum atomic E-state index is -3.85. The zero-order chi connectivity index (χ0) is 21.0. The van der Waals surface area contributed by atoms with Crippen molar-refractivity contribution >= 4 is 27.6 Å². The first-order valence-corrected chi connectivity index (χ1v) is 10.5. The number of benzene rings is 2. The van der Waals surface area contributed by atoms with Crippen LogP contribution < -0.4 is 5.32 Å². The van der Waals surface area contributed by atoms with E-state index in [1.54, 1.807) is 31.2 Å². The van der Waals surface area contributed by atoms with E-state index in [-0.39, 0.29) is 29.1 Å². The van der Waals surface area contributed by atoms with Crippen molar-refractivity contribution in [2.24, 2.45) is 0 Å². The predicted molar refractivity (Wildman–Crippen MR) is 106 cm³/mol. The maximum atomic E-state index is 13.0. The zero-order valence-corrected chi connectivity index (χ0v) is 17.0. The number of hydrogen-bond donors (Lipinski definition) is 1. The molecule has 1 fully saturated rings. The molecule has 1 amide bonds. The highest BCUT2D eigenvalue weighted by molar-refractivity contribution is 7.89. The lowest BCUT2D eigenvalue weighted by molar-refractivity contribution is 0.0600. The van der Waals surface area contributed by atoms with Crippen molar-refractivity contribution in [3.8, 4) is 0 Å². The van der Waals surface area contributed by atoms with Gasteiger partial charge >= 0.3 is 5.97 Å². The molecule has 0 atom stereocenters. The molecule has 8 nitrogen and oxygen atoms in total. The SMILES string of the molecule is COC(=O)c1ccc(C)c(NC(=O)c2ccccc2S(=O)(=O)N2CCOCC2)c1. The van der Waals surface area contributed by atoms with Gasteiger partial charge in [-0.25, -0.2) is 13.2 Å². The Kier molecular flexibility index (Phi) is 6.31. The van der Waals surface area contributed by atoms with Gasteiger partial charge in [0.1, 0.15) is 0 Å². The molecule has 1 aliphatic rings. The molecule has 0 aliphatic carbocycles. The number of nitrogens with one attached hydrogen (secondary N) is 1. The van der Waals surface area contributed by atoms with Crippen molar-refractivity contribution in [1.82, 2.24) is 4.31 Å². The molecule has 0 unspecified atom stereocenters. The number of morpholine rings is 1. The number of esters is 1. The van der Waals surface area contributed by atoms with Crippen LogP contribution in [0.15, 0.2) is 47.4 Å². The van der Waals surface area contributed by atoms with Crippen molar-refractivity contribution < 1.29 is 27.5 Å². The Bertz CT molecular complexity index is 1030. The number of rotatable bonds is 5. The number of hydrogen-bond acceptors (Lipinski definition) is 6. The smallest absolute Gasteiger partial charge is 0.337 e. The topological polar surface area (TPSA) is 102 Å². The molecule has 29 heavy (non-hydrogen) atoms. The summed E-state index contributed by atoms with van der Waals surface area (Å²) in [5.41, 5.74) is 1.43. The average molecular weight is 418 g/mol. The minimum absolute atomic E-state index is 0.0295. The van der Waals surface area contributed by atoms with E-state index in [0.29, 0.717) is 18.9 Å². The molecule has 1 aliphatic heterocycles. The summed E-state index contributed by atoms with van der Waals surface area (Å²) < 4.78 is 37.3. The Morgan fingerprint density at radius 3 is 2.48 bits per heavy atom. The summed E-state index contributed by atoms with van der Waals surface area (Å²) in [7, 11) is -2.58. The van der Waals surface area contributed by atoms with Gasteiger partial charge in [0.2, 0.25) is 10.0 Å². The van der Waals surface area contributed by atoms with E-state index in [9.17, 15) is 18.0 Å². The molecule has 0 spiro atoms. The van der Waals surface area contributed by atoms with E-state index in [1.165, 1.54) is 29.6 Å². The van der Waals surface area contributed by atoms with Crippen molar-refractivity contribution in [3.63, 3.8) is 0 Å². The molecule has 0 radical (unpaired) electrons. The van der Waals surface area contributed by atoms with Crippen molar-refractivity contribution in [2.75, 3.05) is 38.7 Å². The molecule has 1 N–H and O–H groups in total. The number of aryl methyl sites for hydroxylation is 1. The minimum Gasteiger partial charge on any atom is -0.465 e. The molecular weight excluding hydrogens is 396 g/mol. The summed E-state index contributed by atoms with van der Waals surface area (Å²) in [5.74, 6) is -1.11. The highest BCUT2D eigenvalue weighted by atomic mass is 32.2. The van der Waals surface area contributed by atoms with Crippen LogP contribution in [0.2, 0.25) is 0 Å². The van der Waals surface area contributed by atoms with Gasteiger partial charge in [-0.3, -0.25) is 4.79 Å². The van der Waals surface area contributed by atoms with Crippen LogP contribution in [0.3, 0.4) is 0 Å². The average Bonchev–Trinajstić information content (AvgIpc) is 2.75. The van der Waals surface area contributed by atoms with Crippen molar-refractivity contribution in [2.45, 2.75) is 11.8 Å². The van der Waals surface area contributed by atoms with Crippen LogP contribution in [0.5, 0.6) is 0 Å². The highest BCUT2D eigenvalue weighted by Crippen LogP contribution is 2.24. The van der Waals surface area contributed by atoms with E-state index < -0.39 is 21.9 Å². The molecule has 1 saturated heterocycles. The van der Waals surface area contributed by atoms with Crippen molar-refractivity contribution in [3.05, 3.63) is 59.2 Å². The third-order valence-corrected chi connectivity index (χ3v) is 6.58. The number of carbonyl (C=O) groups is 2. The monoisotopic (exact) mass is 418 g/mol. The standard InChI is InChI=1S/C20H22N2O6S/c1-14-7-8-15(20(24)27-2)13-17(14)21-19(23)16-5-3-4-6-18(16)29(25,26)22-9-11-28-12-10-22/h3-8,13H,9-12H2,1-2H3,(H,21,23). The summed E-state index contributed by atoms with van der Waals surface area (Å²) >= 11 is 0. The maximum Gasteiger partial charge on any atom is 0.337 e. The predicted octanol–water partition coefficient (Wildman–Crippen LogP) is 2.05. The second kappa shape index (κ2) is 8.73. The van der Waals surface area contributed by atoms with E-state index >= 15 is 0 Å². The van der Waals surface area contributed by atoms with Gasteiger partial charge in [0.15, 0.2) is 0 Å². The molecule has 2 aromatic carbocycles. The quantitative estimate of drug-likeness (QED) is 0.746. The first kappa shape index (κ1) is 21.0. The van der Waals surface area contributed by atoms with E-state index in [0.717, 1.165) is 5.56 Å². The lowest BCUT2D eigenvalue weighted by Crippen LogP contribution is -2.41. The van der Waals surface area contributed by atoms with Crippen LogP contribution in [0.25, 0.3) is 0 Å². The molecule has 154 valence electrons. The number of methoxy groups -OCH3 is 1. The lowest BCUT2D eigenvalue weighted by Gasteiger charge is -2.26. The Morgan fingerprint density at radius 1 is 1.10 bits per heavy atom. The van der Waals surface area contributed by atoms with Gasteiger partial charge in [0.25, 0.3) is 5.91 Å². The van der Waals surface area contributed by atoms with Crippen LogP contribution >= 0.6 is 0 Å². The van der Waals surface area contributed by atoms with Gasteiger partial charge in [-0.15, -0.1) is 0 Å². The largest absolute Gasteiger partial charge is 0.465 e. The van der Waals surface area contributed by atoms with Crippen LogP contribution in [-0.2, 0) is 19.5 Å². The normalized spacial score (nSPS) is 15.0. The van der Waals surface area contributed by atoms with E-state index in [2.05, 4.69) is 5.32 Å². The first-order valence-electron chi connectivity index (χ1n) is 9.02. The number of anilines is 1. The number of ether oxygens (including phenoxy) is 2. The second-order valence-corrected chi connectivity index (χ2v) is 8.39. The van der Waals surface area contributed by atoms with Crippen LogP contribution in [0.1, 0.15) is 26.3 Å². The fourth-order valence-corrected chi connectivity index (χ4v) is 4.59. The molecule has 0 bridgehead atoms. The van der Waals surface area contributed by atoms with Gasteiger partial charge in [-0.1, -0.05) is 18.2 Å². The zero-order valence-electron chi connectivity index (χ0n) is 16.2. The van der Waals surface area contributed by atoms with Gasteiger partial charge in [0.05, 0.1) is 36.3 Å². The van der Waals surface area contributed by atoms with Gasteiger partial charge in [-0.05, 0) is 36.8 Å². The molecule has 1 heterocycles. The summed E-state index contributed by atoms with van der Waals surface area (Å²) in [4.78, 5) is 24.6. The maximum absolute atomic E-state index is 13.0. The fraction of sp³-hybridized carbons (Fsp3) is 0.300. The molecule has 0 saturated carbocycles. The number of carbonyl (C=O) groups excluding carboxylic acids is 2. The van der Waals surface area contributed by atoms with E-state index in [4.69, 9.17) is 9.47 Å². The third-order valence-electron chi connectivity index (χ3n) is 4.63. The van der Waals surface area contributed by atoms with Gasteiger partial charge in [-0.2, -0.15) is 4.31 Å². The molecular formula is C20H22N2O6S. The Morgan fingerprint density at radius 2 is 1.79 bits per heavy atom. The van der Waals surface area contributed by atoms with Crippen LogP contribution in [0, 0.1) is 6.92 Å². The molecule has 0 aromatic heterocycles. The lowest BCUT2D eigenvalue weighted by atomic mass is 10.1. The molecule has 2 aromatic rings. The van der Waals surface area contributed by atoms with Crippen LogP contribution in [0.4, 0.5) is 5.69 Å². The summed E-state index contributed by atoms with van der Waals surface area (Å²) in [6, 6.07) is 10.8. The summed E-state index contributed by atoms with van der Waals surface area (Å²) in [6.45, 7) is 2.87. The van der Waals surface area contributed by atoms with Crippen LogP contribution in [-0.4, -0.2) is 58.0 Å². The molecule has 3 rings (SSSR count). The van der Waals surface area contributed by atoms with Gasteiger partial charge < -0.3 is 14.8 Å². The van der Waals surface area contributed by atoms with E-state index in [1.807, 2.05) is 0 Å². The van der Waals surface area contributed by atoms with Gasteiger partial charge in [0, 0.05) is 18.8 Å². The summed E-state index contributed by atoms with van der Waals surface area (Å²) in [6.07, 6.45) is 0. The number of nitrogens with zero attached hydrogens (tertiary/aromatic N) is 1. The number of amides is 1. The fourth-order valence-electron chi connectivity index (χ4n) is 3.00. The molecule has 9 heteroatoms. The Labute approximate surface area is 169 Å². The number of sulfonamides is 1. The Hall–Kier alpha value is -2.75.